The number of rotatable bonds is 27. The molecule has 133 heavy (non-hydrogen) atoms. The highest BCUT2D eigenvalue weighted by molar-refractivity contribution is 8.00. The van der Waals surface area contributed by atoms with E-state index in [0.29, 0.717) is 83.0 Å². The number of halogens is 12. The summed E-state index contributed by atoms with van der Waals surface area (Å²) < 4.78 is 282. The van der Waals surface area contributed by atoms with Crippen molar-refractivity contribution in [1.82, 2.24) is 4.90 Å². The molecule has 4 fully saturated rings. The van der Waals surface area contributed by atoms with Crippen LogP contribution in [0.2, 0.25) is 78.6 Å². The molecule has 0 radical (unpaired) electrons. The van der Waals surface area contributed by atoms with Gasteiger partial charge in [0.05, 0.1) is 116 Å². The number of alkyl halides is 12. The van der Waals surface area contributed by atoms with Crippen molar-refractivity contribution in [2.75, 3.05) is 106 Å². The number of allylic oxidation sites excluding steroid dienone is 6. The summed E-state index contributed by atoms with van der Waals surface area (Å²) in [5.41, 5.74) is -21.9. The Morgan fingerprint density at radius 2 is 1.03 bits per heavy atom. The van der Waals surface area contributed by atoms with Crippen LogP contribution in [-0.4, -0.2) is 308 Å². The lowest BCUT2D eigenvalue weighted by atomic mass is 9.68. The summed E-state index contributed by atoms with van der Waals surface area (Å²) in [7, 11) is -25.7. The number of Topliss-reactive ketones (excluding diaryl/α,β-unsaturated/α-hetero) is 3. The van der Waals surface area contributed by atoms with Crippen LogP contribution in [0.3, 0.4) is 0 Å². The molecule has 1 saturated carbocycles. The molecule has 2 unspecified atom stereocenters. The topological polar surface area (TPSA) is 437 Å². The van der Waals surface area contributed by atoms with E-state index in [9.17, 15) is 121 Å². The van der Waals surface area contributed by atoms with Crippen LogP contribution in [0.4, 0.5) is 52.7 Å². The Labute approximate surface area is 787 Å². The van der Waals surface area contributed by atoms with E-state index in [1.165, 1.54) is 12.0 Å². The van der Waals surface area contributed by atoms with Crippen molar-refractivity contribution in [1.29, 1.82) is 0 Å². The number of aliphatic hydroxyl groups is 5. The first-order valence-corrected chi connectivity index (χ1v) is 62.0. The first-order valence-electron chi connectivity index (χ1n) is 41.5. The number of ether oxygens (including phenoxy) is 9. The molecule has 790 valence electrons. The van der Waals surface area contributed by atoms with Crippen molar-refractivity contribution in [3.05, 3.63) is 47.6 Å². The number of carbonyl (C=O) groups excluding carboxylic acids is 5. The third kappa shape index (κ3) is 50.2. The third-order valence-corrected chi connectivity index (χ3v) is 28.9. The van der Waals surface area contributed by atoms with Gasteiger partial charge in [-0.05, 0) is 101 Å². The van der Waals surface area contributed by atoms with E-state index in [1.54, 1.807) is 60.7 Å². The summed E-state index contributed by atoms with van der Waals surface area (Å²) in [6.07, 6.45) is 13.8. The van der Waals surface area contributed by atoms with E-state index in [-0.39, 0.29) is 119 Å². The zero-order valence-electron chi connectivity index (χ0n) is 77.9. The number of hydrogen-bond acceptors (Lipinski definition) is 30. The molecule has 17 atom stereocenters. The molecule has 4 heterocycles. The first-order chi connectivity index (χ1) is 58.6. The molecule has 5 rings (SSSR count). The van der Waals surface area contributed by atoms with Gasteiger partial charge in [-0.3, -0.25) is 27.5 Å². The minimum absolute atomic E-state index is 0. The smallest absolute Gasteiger partial charge is 0.460 e. The number of fused-ring (bicyclic) bond motifs is 3. The molecule has 0 spiro atoms. The Bertz CT molecular complexity index is 4010. The molecule has 5 N–H and O–H groups in total. The van der Waals surface area contributed by atoms with Gasteiger partial charge in [-0.25, -0.2) is 4.79 Å². The van der Waals surface area contributed by atoms with Crippen LogP contribution in [0.15, 0.2) is 47.6 Å². The van der Waals surface area contributed by atoms with Gasteiger partial charge in [0.15, 0.2) is 5.78 Å². The Balaban J connectivity index is -0.000000717. The number of aliphatic hydroxyl groups excluding tert-OH is 4. The number of esters is 1. The monoisotopic (exact) mass is 2120 g/mol. The summed E-state index contributed by atoms with van der Waals surface area (Å²) in [6.45, 7) is 36.2. The highest BCUT2D eigenvalue weighted by atomic mass is 32.3. The lowest BCUT2D eigenvalue weighted by Gasteiger charge is -2.50. The van der Waals surface area contributed by atoms with Crippen molar-refractivity contribution >= 4 is 112 Å². The van der Waals surface area contributed by atoms with Crippen LogP contribution in [-0.2, 0) is 119 Å². The summed E-state index contributed by atoms with van der Waals surface area (Å²) in [4.78, 5) is 72.9. The molecule has 0 aromatic carbocycles. The number of carbonyl (C=O) groups is 5. The van der Waals surface area contributed by atoms with Gasteiger partial charge in [0.1, 0.15) is 30.1 Å². The van der Waals surface area contributed by atoms with Crippen molar-refractivity contribution in [2.45, 2.75) is 290 Å². The van der Waals surface area contributed by atoms with E-state index < -0.39 is 185 Å². The van der Waals surface area contributed by atoms with Gasteiger partial charge < -0.3 is 73.1 Å². The average molecular weight is 2120 g/mol. The second-order valence-electron chi connectivity index (χ2n) is 36.7. The number of nitrogens with zero attached hydrogens (tertiary/aromatic N) is 1. The average Bonchev–Trinajstić information content (AvgIpc) is 0.749. The molecule has 52 heteroatoms. The standard InChI is InChI=1S/C56H89NO14Si.C7H15F3O4SSi.C6H16O2Si.C5H11F3O3SSi.C2F6O5S2.C2H6O2.3CH4.H3P/c1-34-17-14-13-15-18-35(2)46(65-7)31-41-22-20-39(6)56(64,71-41)53(61)54(62)57-24-16-19-42-43(29-40-21-23-45(48(30-40)66-8)69-26-25-68-33-72(10,11)12)47(70-55(63)49(42)57)32-44(58)36(3)28-38(5)51(60)52(67-9)50(59)37(4)27-34;1-16(2,3)6-13-4-5-14-15(11,12)7(8,9)10;1-9(2,3)6-8-5-4-7;1-13(2,3)4-11-12(9,10)5(6,7)8;3-1(4,5)14(9,10)13-15(11,12)2(6,7)8;3-1-2-4;;;;/h13-15,17-18,28,34,36-37,39-43,45-49,51-52,60,64H,16,19-27,29-33H2,1-12H3;4-6H2,1-3H3;7H,4-6H2,1-3H3;4H2,1-3H3;;3-4H,1-2H2;3*1H4;1H3/b15-13+,17-14+,35-18?,38-28+;;;;;;;;;/t34-,36-,37-,39-,40+,41+,42?,43+,45-,46+,47+,48-,49+,51-,52+,56-;;;;;;;;;/m1........./s1. The van der Waals surface area contributed by atoms with Crippen LogP contribution in [0.1, 0.15) is 134 Å². The van der Waals surface area contributed by atoms with E-state index in [2.05, 4.69) is 47.6 Å². The molecular formula is C81H152F12NO30PS4Si4. The van der Waals surface area contributed by atoms with Gasteiger partial charge in [-0.1, -0.05) is 165 Å². The van der Waals surface area contributed by atoms with Crippen LogP contribution < -0.4 is 0 Å². The van der Waals surface area contributed by atoms with Crippen LogP contribution in [0, 0.1) is 41.4 Å². The molecule has 1 amide bonds. The quantitative estimate of drug-likeness (QED) is 0.00587. The predicted octanol–water partition coefficient (Wildman–Crippen LogP) is 13.3. The van der Waals surface area contributed by atoms with Gasteiger partial charge in [-0.2, -0.15) is 96.3 Å². The Morgan fingerprint density at radius 1 is 0.549 bits per heavy atom. The fraction of sp³-hybridized carbons (Fsp3) is 0.840. The van der Waals surface area contributed by atoms with Crippen molar-refractivity contribution in [2.24, 2.45) is 41.4 Å². The largest absolute Gasteiger partial charge is 0.524 e. The number of amides is 1. The van der Waals surface area contributed by atoms with Crippen molar-refractivity contribution < 1.29 is 190 Å². The summed E-state index contributed by atoms with van der Waals surface area (Å²) in [6, 6.07) is -1.12. The summed E-state index contributed by atoms with van der Waals surface area (Å²) >= 11 is 0. The molecule has 5 aliphatic rings. The van der Waals surface area contributed by atoms with Gasteiger partial charge >= 0.3 is 68.5 Å². The minimum Gasteiger partial charge on any atom is -0.460 e. The normalized spacial score (nSPS) is 27.1. The van der Waals surface area contributed by atoms with Gasteiger partial charge in [-0.15, -0.1) is 3.63 Å². The molecular weight excluding hydrogens is 1970 g/mol. The van der Waals surface area contributed by atoms with Crippen molar-refractivity contribution in [3.8, 4) is 0 Å². The molecule has 31 nitrogen and oxygen atoms in total. The Morgan fingerprint density at radius 3 is 1.48 bits per heavy atom. The lowest BCUT2D eigenvalue weighted by molar-refractivity contribution is -0.266. The van der Waals surface area contributed by atoms with E-state index in [0.717, 1.165) is 30.9 Å². The molecule has 0 aromatic rings. The van der Waals surface area contributed by atoms with E-state index >= 15 is 0 Å². The van der Waals surface area contributed by atoms with Gasteiger partial charge in [0.25, 0.3) is 11.7 Å². The molecule has 4 aliphatic heterocycles. The Kier molecular flexibility index (Phi) is 63.0. The maximum atomic E-state index is 14.6. The fourth-order valence-electron chi connectivity index (χ4n) is 13.3. The van der Waals surface area contributed by atoms with E-state index in [1.807, 2.05) is 74.4 Å². The minimum atomic E-state index is -6.85. The molecule has 1 aliphatic carbocycles. The zero-order valence-corrected chi connectivity index (χ0v) is 86.5. The SMILES string of the molecule is C.C.C.CO[C@H]1C[C@@H]2CC[C@@H](C)[C@@](O)(O2)C(=O)C(=O)N2CCCC3[C@H]2C(=O)O[C@@H](CC(=O)[C@H](C)/C=C(\C)[C@@H](O)[C@@H](OC)C(=O)[C@H](C)C[C@H](C)/C=C/C=C/C=C1C)[C@H]3C[C@@H]1CC[C@@H](OCCOC[Si](C)(C)C)[C@H](OC)C1.C[Si](C)(C)COCCO.C[Si](C)(C)COCCOS(=O)(=O)C(F)(F)F.C[Si](C)(C)COS(=O)(=O)C(F)(F)F.O=S(=O)(OS(=O)(=O)C(F)(F)F)C(F)(F)F.OCCO.P. The summed E-state index contributed by atoms with van der Waals surface area (Å²) in [5, 5.41) is 47.3. The highest BCUT2D eigenvalue weighted by Gasteiger charge is 2.60. The van der Waals surface area contributed by atoms with Gasteiger partial charge in [0.2, 0.25) is 5.79 Å². The maximum absolute atomic E-state index is 14.6. The number of ketones is 3. The molecule has 3 saturated heterocycles. The first kappa shape index (κ1) is 138. The van der Waals surface area contributed by atoms with Crippen LogP contribution in [0.5, 0.6) is 0 Å². The molecule has 0 aromatic heterocycles. The number of methoxy groups -OCH3 is 3. The van der Waals surface area contributed by atoms with Crippen LogP contribution in [0.25, 0.3) is 0 Å². The third-order valence-electron chi connectivity index (χ3n) is 19.8. The maximum Gasteiger partial charge on any atom is 0.524 e. The lowest BCUT2D eigenvalue weighted by Crippen LogP contribution is -2.65. The van der Waals surface area contributed by atoms with E-state index in [4.69, 9.17) is 58.0 Å². The second-order valence-corrected chi connectivity index (χ2v) is 64.8. The van der Waals surface area contributed by atoms with Gasteiger partial charge in [0, 0.05) is 83.1 Å². The molecule has 6 bridgehead atoms. The zero-order chi connectivity index (χ0) is 100. The number of piperidine rings is 1. The van der Waals surface area contributed by atoms with Crippen molar-refractivity contribution in [3.63, 3.8) is 0 Å². The predicted molar refractivity (Wildman–Crippen MR) is 493 cm³/mol. The second kappa shape index (κ2) is 60.7. The highest BCUT2D eigenvalue weighted by Crippen LogP contribution is 2.46. The van der Waals surface area contributed by atoms with Crippen LogP contribution >= 0.6 is 9.90 Å². The number of hydrogen-bond donors (Lipinski definition) is 5. The Hall–Kier alpha value is -3.47. The summed E-state index contributed by atoms with van der Waals surface area (Å²) in [5.74, 6) is -8.29. The fourth-order valence-corrected chi connectivity index (χ4v) is 19.8.